The van der Waals surface area contributed by atoms with E-state index in [1.165, 1.54) is 4.90 Å². The minimum absolute atomic E-state index is 0.0129. The molecule has 3 atom stereocenters. The van der Waals surface area contributed by atoms with Crippen LogP contribution in [0.15, 0.2) is 35.3 Å². The van der Waals surface area contributed by atoms with Crippen LogP contribution in [0.25, 0.3) is 0 Å². The van der Waals surface area contributed by atoms with E-state index in [-0.39, 0.29) is 29.6 Å². The number of rotatable bonds is 3. The van der Waals surface area contributed by atoms with Gasteiger partial charge in [-0.15, -0.1) is 0 Å². The van der Waals surface area contributed by atoms with Gasteiger partial charge in [0.05, 0.1) is 17.9 Å². The van der Waals surface area contributed by atoms with Gasteiger partial charge in [-0.25, -0.2) is 4.99 Å². The summed E-state index contributed by atoms with van der Waals surface area (Å²) >= 11 is 0. The Morgan fingerprint density at radius 3 is 2.69 bits per heavy atom. The first-order valence-corrected chi connectivity index (χ1v) is 9.27. The van der Waals surface area contributed by atoms with Crippen molar-refractivity contribution < 1.29 is 9.59 Å². The molecule has 1 fully saturated rings. The van der Waals surface area contributed by atoms with E-state index in [9.17, 15) is 9.59 Å². The maximum absolute atomic E-state index is 13.0. The molecule has 6 nitrogen and oxygen atoms in total. The number of piperidine rings is 1. The first-order valence-electron chi connectivity index (χ1n) is 9.27. The van der Waals surface area contributed by atoms with Crippen LogP contribution in [0.5, 0.6) is 0 Å². The fourth-order valence-electron chi connectivity index (χ4n) is 4.01. The molecule has 6 heteroatoms. The molecule has 1 saturated heterocycles. The Bertz CT molecular complexity index is 718. The summed E-state index contributed by atoms with van der Waals surface area (Å²) in [6.45, 7) is 5.33. The van der Waals surface area contributed by atoms with Crippen LogP contribution in [0.1, 0.15) is 44.6 Å². The van der Waals surface area contributed by atoms with E-state index >= 15 is 0 Å². The Labute approximate surface area is 155 Å². The number of carbonyl (C=O) groups is 2. The molecule has 2 aliphatic rings. The average molecular weight is 356 g/mol. The number of guanidine groups is 1. The topological polar surface area (TPSA) is 79.0 Å². The molecule has 0 aromatic heterocycles. The molecule has 2 unspecified atom stereocenters. The van der Waals surface area contributed by atoms with Crippen LogP contribution in [0.4, 0.5) is 0 Å². The fraction of sp³-hybridized carbons (Fsp3) is 0.550. The van der Waals surface area contributed by atoms with E-state index in [1.807, 2.05) is 49.1 Å². The zero-order valence-electron chi connectivity index (χ0n) is 15.8. The zero-order chi connectivity index (χ0) is 18.9. The Morgan fingerprint density at radius 1 is 1.35 bits per heavy atom. The normalized spacial score (nSPS) is 27.9. The van der Waals surface area contributed by atoms with Crippen LogP contribution >= 0.6 is 0 Å². The molecule has 3 rings (SSSR count). The van der Waals surface area contributed by atoms with Gasteiger partial charge in [0.2, 0.25) is 11.8 Å². The van der Waals surface area contributed by atoms with E-state index in [4.69, 9.17) is 5.73 Å². The number of nitrogens with zero attached hydrogens (tertiary/aromatic N) is 3. The Balaban J connectivity index is 1.75. The summed E-state index contributed by atoms with van der Waals surface area (Å²) in [5.74, 6) is 0.362. The first-order chi connectivity index (χ1) is 12.3. The number of hydrogen-bond acceptors (Lipinski definition) is 4. The van der Waals surface area contributed by atoms with Crippen molar-refractivity contribution >= 4 is 17.8 Å². The number of amides is 2. The van der Waals surface area contributed by atoms with Gasteiger partial charge in [0.25, 0.3) is 0 Å². The van der Waals surface area contributed by atoms with Crippen molar-refractivity contribution in [2.45, 2.75) is 44.6 Å². The Hall–Kier alpha value is -2.37. The molecular formula is C20H28N4O2. The number of hydrogen-bond donors (Lipinski definition) is 1. The monoisotopic (exact) mass is 356 g/mol. The van der Waals surface area contributed by atoms with Gasteiger partial charge in [-0.2, -0.15) is 0 Å². The molecule has 0 aliphatic carbocycles. The number of aliphatic imine (C=N–C) groups is 1. The Kier molecular flexibility index (Phi) is 5.03. The molecule has 1 aromatic carbocycles. The van der Waals surface area contributed by atoms with E-state index in [2.05, 4.69) is 4.99 Å². The third-order valence-corrected chi connectivity index (χ3v) is 5.88. The van der Waals surface area contributed by atoms with Crippen LogP contribution in [0.3, 0.4) is 0 Å². The summed E-state index contributed by atoms with van der Waals surface area (Å²) in [5.41, 5.74) is 6.44. The lowest BCUT2D eigenvalue weighted by Gasteiger charge is -2.44. The highest BCUT2D eigenvalue weighted by Gasteiger charge is 2.43. The molecule has 0 bridgehead atoms. The van der Waals surface area contributed by atoms with Crippen LogP contribution in [-0.2, 0) is 9.59 Å². The minimum Gasteiger partial charge on any atom is -0.369 e. The van der Waals surface area contributed by atoms with Crippen LogP contribution in [0, 0.1) is 5.92 Å². The SMILES string of the molecule is CC(C(=O)N1CCCC([C@]2(C)CC(=O)N(C)C(N)=N2)C1)c1ccccc1. The molecule has 2 heterocycles. The second-order valence-electron chi connectivity index (χ2n) is 7.71. The molecule has 1 aromatic rings. The van der Waals surface area contributed by atoms with Gasteiger partial charge in [0.1, 0.15) is 0 Å². The van der Waals surface area contributed by atoms with Crippen LogP contribution in [-0.4, -0.2) is 53.2 Å². The highest BCUT2D eigenvalue weighted by Crippen LogP contribution is 2.36. The van der Waals surface area contributed by atoms with Crippen molar-refractivity contribution in [3.63, 3.8) is 0 Å². The van der Waals surface area contributed by atoms with E-state index in [0.29, 0.717) is 13.0 Å². The first kappa shape index (κ1) is 18.4. The van der Waals surface area contributed by atoms with E-state index in [0.717, 1.165) is 24.9 Å². The third-order valence-electron chi connectivity index (χ3n) is 5.88. The van der Waals surface area contributed by atoms with Gasteiger partial charge < -0.3 is 10.6 Å². The standard InChI is InChI=1S/C20H28N4O2/c1-14(15-8-5-4-6-9-15)18(26)24-11-7-10-16(13-24)20(2)12-17(25)23(3)19(21)22-20/h4-6,8-9,14,16H,7,10-13H2,1-3H3,(H2,21,22)/t14?,16?,20-/m0/s1. The fourth-order valence-corrected chi connectivity index (χ4v) is 4.01. The number of benzene rings is 1. The third kappa shape index (κ3) is 3.45. The molecule has 26 heavy (non-hydrogen) atoms. The second kappa shape index (κ2) is 7.09. The molecule has 2 N–H and O–H groups in total. The lowest BCUT2D eigenvalue weighted by molar-refractivity contribution is -0.135. The predicted molar refractivity (Wildman–Crippen MR) is 102 cm³/mol. The lowest BCUT2D eigenvalue weighted by Crippen LogP contribution is -2.55. The number of likely N-dealkylation sites (tertiary alicyclic amines) is 1. The summed E-state index contributed by atoms with van der Waals surface area (Å²) < 4.78 is 0. The number of carbonyl (C=O) groups excluding carboxylic acids is 2. The van der Waals surface area contributed by atoms with Crippen molar-refractivity contribution in [2.75, 3.05) is 20.1 Å². The highest BCUT2D eigenvalue weighted by molar-refractivity contribution is 5.98. The van der Waals surface area contributed by atoms with Crippen molar-refractivity contribution in [1.82, 2.24) is 9.80 Å². The summed E-state index contributed by atoms with van der Waals surface area (Å²) in [6, 6.07) is 9.86. The van der Waals surface area contributed by atoms with Gasteiger partial charge in [0.15, 0.2) is 5.96 Å². The number of nitrogens with two attached hydrogens (primary N) is 1. The molecule has 140 valence electrons. The highest BCUT2D eigenvalue weighted by atomic mass is 16.2. The largest absolute Gasteiger partial charge is 0.369 e. The van der Waals surface area contributed by atoms with Crippen molar-refractivity contribution in [3.8, 4) is 0 Å². The molecule has 2 amide bonds. The molecule has 0 spiro atoms. The maximum Gasteiger partial charge on any atom is 0.231 e. The second-order valence-corrected chi connectivity index (χ2v) is 7.71. The van der Waals surface area contributed by atoms with Crippen LogP contribution < -0.4 is 5.73 Å². The lowest BCUT2D eigenvalue weighted by atomic mass is 9.77. The Morgan fingerprint density at radius 2 is 2.04 bits per heavy atom. The summed E-state index contributed by atoms with van der Waals surface area (Å²) in [4.78, 5) is 33.2. The summed E-state index contributed by atoms with van der Waals surface area (Å²) in [6.07, 6.45) is 2.21. The quantitative estimate of drug-likeness (QED) is 0.899. The van der Waals surface area contributed by atoms with Gasteiger partial charge in [-0.1, -0.05) is 30.3 Å². The summed E-state index contributed by atoms with van der Waals surface area (Å²) in [7, 11) is 1.65. The van der Waals surface area contributed by atoms with Crippen molar-refractivity contribution in [3.05, 3.63) is 35.9 Å². The zero-order valence-corrected chi connectivity index (χ0v) is 15.8. The smallest absolute Gasteiger partial charge is 0.231 e. The van der Waals surface area contributed by atoms with Crippen molar-refractivity contribution in [1.29, 1.82) is 0 Å². The average Bonchev–Trinajstić information content (AvgIpc) is 2.65. The van der Waals surface area contributed by atoms with Crippen molar-refractivity contribution in [2.24, 2.45) is 16.6 Å². The molecule has 2 aliphatic heterocycles. The predicted octanol–water partition coefficient (Wildman–Crippen LogP) is 1.96. The van der Waals surface area contributed by atoms with Crippen LogP contribution in [0.2, 0.25) is 0 Å². The molecule has 0 saturated carbocycles. The van der Waals surface area contributed by atoms with E-state index < -0.39 is 5.54 Å². The molecule has 0 radical (unpaired) electrons. The maximum atomic E-state index is 13.0. The van der Waals surface area contributed by atoms with Gasteiger partial charge in [-0.3, -0.25) is 14.5 Å². The minimum atomic E-state index is -0.539. The molecular weight excluding hydrogens is 328 g/mol. The van der Waals surface area contributed by atoms with E-state index in [1.54, 1.807) is 7.05 Å². The summed E-state index contributed by atoms with van der Waals surface area (Å²) in [5, 5.41) is 0. The van der Waals surface area contributed by atoms with Gasteiger partial charge >= 0.3 is 0 Å². The van der Waals surface area contributed by atoms with Gasteiger partial charge in [-0.05, 0) is 32.3 Å². The van der Waals surface area contributed by atoms with Gasteiger partial charge in [0, 0.05) is 26.1 Å².